The first-order chi connectivity index (χ1) is 10.5. The average molecular weight is 320 g/mol. The van der Waals surface area contributed by atoms with Gasteiger partial charge in [0.25, 0.3) is 5.69 Å². The Kier molecular flexibility index (Phi) is 3.53. The van der Waals surface area contributed by atoms with Crippen LogP contribution < -0.4 is 0 Å². The number of rotatable bonds is 3. The molecule has 3 aliphatic rings. The fourth-order valence-electron chi connectivity index (χ4n) is 3.29. The summed E-state index contributed by atoms with van der Waals surface area (Å²) in [6.07, 6.45) is 7.03. The molecule has 2 bridgehead atoms. The van der Waals surface area contributed by atoms with Crippen LogP contribution >= 0.6 is 11.6 Å². The Balaban J connectivity index is 2.24. The van der Waals surface area contributed by atoms with E-state index in [0.717, 1.165) is 6.42 Å². The highest BCUT2D eigenvalue weighted by atomic mass is 35.5. The molecular weight excluding hydrogens is 306 g/mol. The number of carbonyl (C=O) groups excluding carboxylic acids is 1. The van der Waals surface area contributed by atoms with E-state index in [1.54, 1.807) is 12.1 Å². The number of nitrogens with zero attached hydrogens (tertiary/aromatic N) is 1. The van der Waals surface area contributed by atoms with Gasteiger partial charge in [-0.2, -0.15) is 0 Å². The number of carbonyl (C=O) groups is 1. The van der Waals surface area contributed by atoms with E-state index < -0.39 is 16.3 Å². The Morgan fingerprint density at radius 2 is 2.27 bits per heavy atom. The molecule has 0 N–H and O–H groups in total. The first-order valence-electron chi connectivity index (χ1n) is 6.93. The van der Waals surface area contributed by atoms with Crippen LogP contribution in [0.25, 0.3) is 5.57 Å². The number of methoxy groups -OCH3 is 1. The molecule has 0 radical (unpaired) electrons. The van der Waals surface area contributed by atoms with Gasteiger partial charge in [-0.05, 0) is 30.4 Å². The molecule has 4 rings (SSSR count). The summed E-state index contributed by atoms with van der Waals surface area (Å²) in [5, 5.41) is 11.6. The van der Waals surface area contributed by atoms with Crippen molar-refractivity contribution in [1.82, 2.24) is 0 Å². The van der Waals surface area contributed by atoms with E-state index in [0.29, 0.717) is 17.6 Å². The zero-order valence-corrected chi connectivity index (χ0v) is 12.7. The molecule has 1 aromatic rings. The van der Waals surface area contributed by atoms with Gasteiger partial charge in [0.1, 0.15) is 5.41 Å². The van der Waals surface area contributed by atoms with Gasteiger partial charge in [-0.15, -0.1) is 0 Å². The maximum Gasteiger partial charge on any atom is 0.320 e. The Morgan fingerprint density at radius 1 is 1.50 bits per heavy atom. The van der Waals surface area contributed by atoms with Crippen molar-refractivity contribution in [3.63, 3.8) is 0 Å². The summed E-state index contributed by atoms with van der Waals surface area (Å²) in [6.45, 7) is 0. The maximum atomic E-state index is 12.4. The quantitative estimate of drug-likeness (QED) is 0.368. The first-order valence-corrected chi connectivity index (χ1v) is 7.31. The van der Waals surface area contributed by atoms with Crippen molar-refractivity contribution in [2.24, 2.45) is 11.3 Å². The van der Waals surface area contributed by atoms with Crippen LogP contribution in [-0.2, 0) is 9.53 Å². The summed E-state index contributed by atoms with van der Waals surface area (Å²) < 4.78 is 4.96. The summed E-state index contributed by atoms with van der Waals surface area (Å²) in [5.74, 6) is -0.250. The molecule has 0 heterocycles. The minimum Gasteiger partial charge on any atom is -0.468 e. The minimum atomic E-state index is -0.987. The molecule has 0 spiro atoms. The molecule has 2 unspecified atom stereocenters. The zero-order chi connectivity index (χ0) is 15.9. The van der Waals surface area contributed by atoms with Crippen molar-refractivity contribution in [2.45, 2.75) is 12.8 Å². The summed E-state index contributed by atoms with van der Waals surface area (Å²) in [4.78, 5) is 23.3. The fraction of sp³-hybridized carbons (Fsp3) is 0.312. The second-order valence-electron chi connectivity index (χ2n) is 5.50. The zero-order valence-electron chi connectivity index (χ0n) is 11.9. The van der Waals surface area contributed by atoms with Crippen LogP contribution in [0.3, 0.4) is 0 Å². The highest BCUT2D eigenvalue weighted by Gasteiger charge is 2.48. The van der Waals surface area contributed by atoms with Crippen LogP contribution in [0.5, 0.6) is 0 Å². The van der Waals surface area contributed by atoms with E-state index in [2.05, 4.69) is 0 Å². The maximum absolute atomic E-state index is 12.4. The van der Waals surface area contributed by atoms with E-state index in [1.807, 2.05) is 12.2 Å². The molecule has 1 aromatic carbocycles. The number of esters is 1. The molecule has 22 heavy (non-hydrogen) atoms. The van der Waals surface area contributed by atoms with E-state index in [4.69, 9.17) is 16.3 Å². The number of hydrogen-bond donors (Lipinski definition) is 0. The van der Waals surface area contributed by atoms with E-state index >= 15 is 0 Å². The second-order valence-corrected chi connectivity index (χ2v) is 5.90. The van der Waals surface area contributed by atoms with Crippen LogP contribution in [0.4, 0.5) is 5.69 Å². The van der Waals surface area contributed by atoms with Crippen molar-refractivity contribution in [2.75, 3.05) is 7.11 Å². The van der Waals surface area contributed by atoms with Gasteiger partial charge in [0.15, 0.2) is 0 Å². The lowest BCUT2D eigenvalue weighted by molar-refractivity contribution is -0.385. The Labute approximate surface area is 132 Å². The minimum absolute atomic E-state index is 0.0945. The smallest absolute Gasteiger partial charge is 0.320 e. The molecule has 5 nitrogen and oxygen atoms in total. The normalized spacial score (nSPS) is 25.7. The van der Waals surface area contributed by atoms with E-state index in [-0.39, 0.29) is 16.6 Å². The van der Waals surface area contributed by atoms with E-state index in [1.165, 1.54) is 19.2 Å². The lowest BCUT2D eigenvalue weighted by atomic mass is 9.63. The fourth-order valence-corrected chi connectivity index (χ4v) is 3.56. The third kappa shape index (κ3) is 2.04. The highest BCUT2D eigenvalue weighted by molar-refractivity contribution is 6.33. The van der Waals surface area contributed by atoms with Crippen molar-refractivity contribution in [1.29, 1.82) is 0 Å². The number of nitro groups is 1. The predicted molar refractivity (Wildman–Crippen MR) is 82.4 cm³/mol. The number of ether oxygens (including phenoxy) is 1. The summed E-state index contributed by atoms with van der Waals surface area (Å²) in [6, 6.07) is 4.53. The molecular formula is C16H14ClNO4. The van der Waals surface area contributed by atoms with Crippen molar-refractivity contribution >= 4 is 28.8 Å². The van der Waals surface area contributed by atoms with Gasteiger partial charge in [0, 0.05) is 6.07 Å². The SMILES string of the molecule is COC(=O)C12C=CC(C=C1c1c(Cl)cccc1[N+](=O)[O-])CC2. The second kappa shape index (κ2) is 5.25. The molecule has 0 aromatic heterocycles. The van der Waals surface area contributed by atoms with Gasteiger partial charge in [0.05, 0.1) is 22.6 Å². The third-order valence-electron chi connectivity index (χ3n) is 4.37. The molecule has 2 atom stereocenters. The number of nitro benzene ring substituents is 1. The summed E-state index contributed by atoms with van der Waals surface area (Å²) in [7, 11) is 1.32. The average Bonchev–Trinajstić information content (AvgIpc) is 2.54. The van der Waals surface area contributed by atoms with Crippen molar-refractivity contribution in [3.05, 3.63) is 57.1 Å². The molecule has 6 heteroatoms. The monoisotopic (exact) mass is 319 g/mol. The molecule has 0 fully saturated rings. The van der Waals surface area contributed by atoms with Crippen LogP contribution in [0, 0.1) is 21.4 Å². The lowest BCUT2D eigenvalue weighted by Crippen LogP contribution is -2.38. The number of benzene rings is 1. The van der Waals surface area contributed by atoms with Gasteiger partial charge in [-0.25, -0.2) is 0 Å². The topological polar surface area (TPSA) is 69.4 Å². The molecule has 0 saturated carbocycles. The van der Waals surface area contributed by atoms with Gasteiger partial charge in [-0.3, -0.25) is 14.9 Å². The Bertz CT molecular complexity index is 725. The van der Waals surface area contributed by atoms with Gasteiger partial charge in [-0.1, -0.05) is 35.9 Å². The lowest BCUT2D eigenvalue weighted by Gasteiger charge is -2.40. The number of allylic oxidation sites excluding steroid dienone is 2. The molecule has 0 aliphatic heterocycles. The summed E-state index contributed by atoms with van der Waals surface area (Å²) in [5.41, 5.74) is -0.189. The molecule has 114 valence electrons. The van der Waals surface area contributed by atoms with Gasteiger partial charge >= 0.3 is 5.97 Å². The van der Waals surface area contributed by atoms with Crippen LogP contribution in [0.15, 0.2) is 36.4 Å². The molecule has 0 amide bonds. The number of hydrogen-bond acceptors (Lipinski definition) is 4. The Morgan fingerprint density at radius 3 is 2.86 bits per heavy atom. The summed E-state index contributed by atoms with van der Waals surface area (Å²) >= 11 is 6.23. The van der Waals surface area contributed by atoms with Crippen LogP contribution in [-0.4, -0.2) is 18.0 Å². The van der Waals surface area contributed by atoms with E-state index in [9.17, 15) is 14.9 Å². The first kappa shape index (κ1) is 14.8. The van der Waals surface area contributed by atoms with Crippen LogP contribution in [0.1, 0.15) is 18.4 Å². The number of fused-ring (bicyclic) bond motifs is 1. The van der Waals surface area contributed by atoms with Crippen molar-refractivity contribution in [3.8, 4) is 0 Å². The predicted octanol–water partition coefficient (Wildman–Crippen LogP) is 3.77. The Hall–Kier alpha value is -2.14. The molecule has 3 aliphatic carbocycles. The largest absolute Gasteiger partial charge is 0.468 e. The van der Waals surface area contributed by atoms with Gasteiger partial charge in [0.2, 0.25) is 0 Å². The van der Waals surface area contributed by atoms with Gasteiger partial charge < -0.3 is 4.74 Å². The highest BCUT2D eigenvalue weighted by Crippen LogP contribution is 2.53. The number of halogens is 1. The standard InChI is InChI=1S/C16H14ClNO4/c1-22-15(19)16-7-5-10(6-8-16)9-11(16)14-12(17)3-2-4-13(14)18(20)21/h2-5,7,9-10H,6,8H2,1H3. The third-order valence-corrected chi connectivity index (χ3v) is 4.68. The van der Waals surface area contributed by atoms with Crippen LogP contribution in [0.2, 0.25) is 5.02 Å². The van der Waals surface area contributed by atoms with Crippen molar-refractivity contribution < 1.29 is 14.5 Å². The molecule has 0 saturated heterocycles.